The normalized spacial score (nSPS) is 17.3. The molecular formula is C25H20ClF6N3O3. The van der Waals surface area contributed by atoms with Gasteiger partial charge in [0.05, 0.1) is 29.5 Å². The van der Waals surface area contributed by atoms with Crippen LogP contribution in [0.2, 0.25) is 5.02 Å². The van der Waals surface area contributed by atoms with E-state index < -0.39 is 70.2 Å². The minimum atomic E-state index is -5.00. The third-order valence-corrected chi connectivity index (χ3v) is 6.55. The lowest BCUT2D eigenvalue weighted by Gasteiger charge is -2.34. The number of benzene rings is 2. The van der Waals surface area contributed by atoms with Gasteiger partial charge in [0.2, 0.25) is 11.7 Å². The summed E-state index contributed by atoms with van der Waals surface area (Å²) in [6.07, 6.45) is -4.56. The van der Waals surface area contributed by atoms with Gasteiger partial charge in [0.25, 0.3) is 5.56 Å². The highest BCUT2D eigenvalue weighted by Crippen LogP contribution is 2.38. The molecule has 0 unspecified atom stereocenters. The molecule has 202 valence electrons. The van der Waals surface area contributed by atoms with E-state index in [2.05, 4.69) is 10.3 Å². The molecule has 6 nitrogen and oxygen atoms in total. The first kappa shape index (κ1) is 27.6. The summed E-state index contributed by atoms with van der Waals surface area (Å²) in [7, 11) is 0. The van der Waals surface area contributed by atoms with E-state index >= 15 is 4.39 Å². The van der Waals surface area contributed by atoms with E-state index in [1.54, 1.807) is 0 Å². The SMILES string of the molecule is Cc1nc(-c2c(C(F)(F)F)ccc(CNC(=O)[C@H]3C[C@H](OCc4ccc(F)cc4Cl)C3)c2F)[nH]c(=O)c1F. The van der Waals surface area contributed by atoms with Crippen molar-refractivity contribution in [1.29, 1.82) is 0 Å². The Hall–Kier alpha value is -3.38. The molecule has 1 heterocycles. The van der Waals surface area contributed by atoms with Crippen LogP contribution >= 0.6 is 11.6 Å². The molecule has 0 atom stereocenters. The Balaban J connectivity index is 1.42. The van der Waals surface area contributed by atoms with Crippen LogP contribution in [0.5, 0.6) is 0 Å². The van der Waals surface area contributed by atoms with E-state index in [1.165, 1.54) is 12.1 Å². The van der Waals surface area contributed by atoms with Crippen molar-refractivity contribution in [1.82, 2.24) is 15.3 Å². The van der Waals surface area contributed by atoms with Crippen LogP contribution in [0.25, 0.3) is 11.4 Å². The lowest BCUT2D eigenvalue weighted by Crippen LogP contribution is -2.42. The zero-order chi connectivity index (χ0) is 27.8. The number of nitrogens with zero attached hydrogens (tertiary/aromatic N) is 1. The van der Waals surface area contributed by atoms with Crippen LogP contribution in [0.15, 0.2) is 35.1 Å². The molecule has 1 aliphatic rings. The van der Waals surface area contributed by atoms with Crippen LogP contribution in [0.3, 0.4) is 0 Å². The first-order valence-corrected chi connectivity index (χ1v) is 11.7. The molecule has 1 fully saturated rings. The fourth-order valence-electron chi connectivity index (χ4n) is 4.00. The predicted molar refractivity (Wildman–Crippen MR) is 125 cm³/mol. The lowest BCUT2D eigenvalue weighted by molar-refractivity contribution is -0.137. The second-order valence-electron chi connectivity index (χ2n) is 8.83. The summed E-state index contributed by atoms with van der Waals surface area (Å²) >= 11 is 5.96. The molecule has 0 spiro atoms. The van der Waals surface area contributed by atoms with Gasteiger partial charge >= 0.3 is 6.18 Å². The summed E-state index contributed by atoms with van der Waals surface area (Å²) in [4.78, 5) is 29.7. The van der Waals surface area contributed by atoms with Crippen LogP contribution in [0, 0.1) is 30.3 Å². The number of nitrogens with one attached hydrogen (secondary N) is 2. The van der Waals surface area contributed by atoms with E-state index in [4.69, 9.17) is 16.3 Å². The molecule has 2 aromatic carbocycles. The maximum atomic E-state index is 15.3. The van der Waals surface area contributed by atoms with Gasteiger partial charge in [-0.2, -0.15) is 17.6 Å². The molecule has 0 bridgehead atoms. The molecule has 1 saturated carbocycles. The van der Waals surface area contributed by atoms with Crippen LogP contribution < -0.4 is 10.9 Å². The highest BCUT2D eigenvalue weighted by molar-refractivity contribution is 6.31. The van der Waals surface area contributed by atoms with Crippen molar-refractivity contribution < 1.29 is 35.9 Å². The number of aromatic nitrogens is 2. The number of amides is 1. The predicted octanol–water partition coefficient (Wildman–Crippen LogP) is 5.45. The van der Waals surface area contributed by atoms with Crippen molar-refractivity contribution in [2.45, 2.75) is 45.2 Å². The third kappa shape index (κ3) is 5.86. The van der Waals surface area contributed by atoms with Crippen molar-refractivity contribution in [3.63, 3.8) is 0 Å². The zero-order valence-corrected chi connectivity index (χ0v) is 20.4. The third-order valence-electron chi connectivity index (χ3n) is 6.20. The van der Waals surface area contributed by atoms with Crippen molar-refractivity contribution >= 4 is 17.5 Å². The Morgan fingerprint density at radius 2 is 1.82 bits per heavy atom. The largest absolute Gasteiger partial charge is 0.417 e. The van der Waals surface area contributed by atoms with Crippen LogP contribution in [0.1, 0.15) is 35.2 Å². The maximum Gasteiger partial charge on any atom is 0.417 e. The molecule has 1 amide bonds. The smallest absolute Gasteiger partial charge is 0.373 e. The number of alkyl halides is 3. The number of carbonyl (C=O) groups is 1. The molecule has 0 radical (unpaired) electrons. The van der Waals surface area contributed by atoms with E-state index in [0.29, 0.717) is 24.5 Å². The van der Waals surface area contributed by atoms with E-state index in [-0.39, 0.29) is 23.3 Å². The summed E-state index contributed by atoms with van der Waals surface area (Å²) in [5, 5.41) is 2.70. The van der Waals surface area contributed by atoms with Gasteiger partial charge in [-0.3, -0.25) is 9.59 Å². The summed E-state index contributed by atoms with van der Waals surface area (Å²) in [6.45, 7) is 0.747. The molecule has 0 saturated heterocycles. The number of carbonyl (C=O) groups excluding carboxylic acids is 1. The Kier molecular flexibility index (Phi) is 7.84. The summed E-state index contributed by atoms with van der Waals surface area (Å²) in [5.41, 5.74) is -4.02. The standard InChI is InChI=1S/C25H20ClF6N3O3/c1-11-20(28)24(37)35-22(34-11)19-17(25(30,31)32)5-3-12(21(19)29)9-33-23(36)14-6-16(7-14)38-10-13-2-4-15(27)8-18(13)26/h2-5,8,14,16H,6-7,9-10H2,1H3,(H,33,36)(H,34,35,37)/t14-,16-. The Bertz CT molecular complexity index is 1440. The van der Waals surface area contributed by atoms with Gasteiger partial charge in [-0.15, -0.1) is 0 Å². The summed E-state index contributed by atoms with van der Waals surface area (Å²) in [6, 6.07) is 5.38. The van der Waals surface area contributed by atoms with Crippen molar-refractivity contribution in [3.05, 3.63) is 85.5 Å². The molecule has 1 aromatic heterocycles. The maximum absolute atomic E-state index is 15.3. The highest BCUT2D eigenvalue weighted by Gasteiger charge is 2.38. The number of rotatable bonds is 7. The van der Waals surface area contributed by atoms with Gasteiger partial charge < -0.3 is 15.0 Å². The zero-order valence-electron chi connectivity index (χ0n) is 19.7. The minimum Gasteiger partial charge on any atom is -0.373 e. The van der Waals surface area contributed by atoms with Crippen molar-refractivity contribution in [2.75, 3.05) is 0 Å². The van der Waals surface area contributed by atoms with Crippen LogP contribution in [-0.4, -0.2) is 22.0 Å². The molecule has 3 aromatic rings. The Labute approximate surface area is 217 Å². The number of aryl methyl sites for hydroxylation is 1. The highest BCUT2D eigenvalue weighted by atomic mass is 35.5. The van der Waals surface area contributed by atoms with E-state index in [1.807, 2.05) is 4.98 Å². The molecule has 4 rings (SSSR count). The van der Waals surface area contributed by atoms with Crippen LogP contribution in [0.4, 0.5) is 26.3 Å². The average molecular weight is 560 g/mol. The number of ether oxygens (including phenoxy) is 1. The van der Waals surface area contributed by atoms with E-state index in [0.717, 1.165) is 19.1 Å². The van der Waals surface area contributed by atoms with Gasteiger partial charge in [-0.1, -0.05) is 23.7 Å². The Morgan fingerprint density at radius 3 is 2.45 bits per heavy atom. The summed E-state index contributed by atoms with van der Waals surface area (Å²) in [5.74, 6) is -4.83. The van der Waals surface area contributed by atoms with Gasteiger partial charge in [0, 0.05) is 23.0 Å². The number of halogens is 7. The quantitative estimate of drug-likeness (QED) is 0.377. The van der Waals surface area contributed by atoms with Gasteiger partial charge in [-0.25, -0.2) is 13.8 Å². The first-order valence-electron chi connectivity index (χ1n) is 11.3. The molecular weight excluding hydrogens is 540 g/mol. The van der Waals surface area contributed by atoms with Gasteiger partial charge in [-0.05, 0) is 43.5 Å². The number of hydrogen-bond donors (Lipinski definition) is 2. The molecule has 2 N–H and O–H groups in total. The molecule has 0 aliphatic heterocycles. The number of aromatic amines is 1. The molecule has 38 heavy (non-hydrogen) atoms. The second kappa shape index (κ2) is 10.8. The topological polar surface area (TPSA) is 84.1 Å². The average Bonchev–Trinajstić information content (AvgIpc) is 2.80. The molecule has 13 heteroatoms. The fraction of sp³-hybridized carbons (Fsp3) is 0.320. The molecule has 1 aliphatic carbocycles. The van der Waals surface area contributed by atoms with Crippen molar-refractivity contribution in [3.8, 4) is 11.4 Å². The lowest BCUT2D eigenvalue weighted by atomic mass is 9.81. The summed E-state index contributed by atoms with van der Waals surface area (Å²) < 4.78 is 88.5. The number of H-pyrrole nitrogens is 1. The van der Waals surface area contributed by atoms with Gasteiger partial charge in [0.15, 0.2) is 0 Å². The second-order valence-corrected chi connectivity index (χ2v) is 9.23. The fourth-order valence-corrected chi connectivity index (χ4v) is 4.22. The number of hydrogen-bond acceptors (Lipinski definition) is 4. The van der Waals surface area contributed by atoms with Gasteiger partial charge in [0.1, 0.15) is 17.5 Å². The first-order chi connectivity index (χ1) is 17.8. The van der Waals surface area contributed by atoms with E-state index in [9.17, 15) is 31.5 Å². The Morgan fingerprint density at radius 1 is 1.13 bits per heavy atom. The monoisotopic (exact) mass is 559 g/mol. The van der Waals surface area contributed by atoms with Crippen molar-refractivity contribution in [2.24, 2.45) is 5.92 Å². The van der Waals surface area contributed by atoms with Crippen LogP contribution in [-0.2, 0) is 28.9 Å². The minimum absolute atomic E-state index is 0.122.